The average molecular weight is 283 g/mol. The van der Waals surface area contributed by atoms with Crippen LogP contribution in [0, 0.1) is 5.41 Å². The molecule has 2 aliphatic carbocycles. The molecule has 2 rings (SSSR count). The van der Waals surface area contributed by atoms with Gasteiger partial charge in [0.05, 0.1) is 5.60 Å². The number of amidine groups is 1. The van der Waals surface area contributed by atoms with Crippen LogP contribution in [0.1, 0.15) is 51.4 Å². The third-order valence-corrected chi connectivity index (χ3v) is 5.01. The Kier molecular flexibility index (Phi) is 4.52. The predicted molar refractivity (Wildman–Crippen MR) is 75.5 cm³/mol. The van der Waals surface area contributed by atoms with E-state index in [1.807, 2.05) is 0 Å². The van der Waals surface area contributed by atoms with Gasteiger partial charge < -0.3 is 21.0 Å². The smallest absolute Gasteiger partial charge is 0.234 e. The van der Waals surface area contributed by atoms with Crippen molar-refractivity contribution in [3.63, 3.8) is 0 Å². The molecular weight excluding hydrogens is 258 g/mol. The van der Waals surface area contributed by atoms with E-state index in [1.54, 1.807) is 7.11 Å². The van der Waals surface area contributed by atoms with Crippen LogP contribution < -0.4 is 11.1 Å². The van der Waals surface area contributed by atoms with Crippen molar-refractivity contribution < 1.29 is 14.7 Å². The molecule has 2 aliphatic rings. The van der Waals surface area contributed by atoms with E-state index >= 15 is 0 Å². The van der Waals surface area contributed by atoms with Gasteiger partial charge in [0, 0.05) is 13.7 Å². The molecule has 1 amide bonds. The van der Waals surface area contributed by atoms with Crippen molar-refractivity contribution in [3.05, 3.63) is 0 Å². The van der Waals surface area contributed by atoms with Crippen molar-refractivity contribution in [2.45, 2.75) is 57.0 Å². The molecule has 0 saturated heterocycles. The maximum absolute atomic E-state index is 12.6. The van der Waals surface area contributed by atoms with Gasteiger partial charge >= 0.3 is 0 Å². The number of methoxy groups -OCH3 is 1. The first-order valence-corrected chi connectivity index (χ1v) is 7.40. The number of nitrogens with two attached hydrogens (primary N) is 1. The third kappa shape index (κ3) is 2.61. The number of carbonyl (C=O) groups is 1. The maximum atomic E-state index is 12.6. The van der Waals surface area contributed by atoms with Gasteiger partial charge in [0.25, 0.3) is 0 Å². The third-order valence-electron chi connectivity index (χ3n) is 5.01. The molecule has 114 valence electrons. The van der Waals surface area contributed by atoms with E-state index in [0.29, 0.717) is 19.4 Å². The number of hydrogen-bond acceptors (Lipinski definition) is 4. The number of amides is 1. The van der Waals surface area contributed by atoms with Gasteiger partial charge in [0.15, 0.2) is 5.84 Å². The molecule has 0 bridgehead atoms. The summed E-state index contributed by atoms with van der Waals surface area (Å²) in [5.74, 6) is -0.0920. The Balaban J connectivity index is 2.03. The lowest BCUT2D eigenvalue weighted by Crippen LogP contribution is -2.56. The van der Waals surface area contributed by atoms with Gasteiger partial charge in [-0.15, -0.1) is 0 Å². The van der Waals surface area contributed by atoms with Gasteiger partial charge in [-0.1, -0.05) is 24.4 Å². The molecule has 6 heteroatoms. The summed E-state index contributed by atoms with van der Waals surface area (Å²) >= 11 is 0. The van der Waals surface area contributed by atoms with Crippen LogP contribution in [0.5, 0.6) is 0 Å². The molecule has 2 saturated carbocycles. The summed E-state index contributed by atoms with van der Waals surface area (Å²) in [5, 5.41) is 15.1. The lowest BCUT2D eigenvalue weighted by atomic mass is 9.72. The molecule has 6 nitrogen and oxygen atoms in total. The number of nitrogens with zero attached hydrogens (tertiary/aromatic N) is 1. The monoisotopic (exact) mass is 283 g/mol. The Hall–Kier alpha value is -1.30. The second kappa shape index (κ2) is 5.99. The molecule has 0 heterocycles. The van der Waals surface area contributed by atoms with E-state index in [1.165, 1.54) is 0 Å². The normalized spacial score (nSPS) is 24.8. The minimum Gasteiger partial charge on any atom is -0.409 e. The molecule has 0 aromatic heterocycles. The Morgan fingerprint density at radius 1 is 1.25 bits per heavy atom. The zero-order valence-corrected chi connectivity index (χ0v) is 12.2. The van der Waals surface area contributed by atoms with Gasteiger partial charge in [-0.2, -0.15) is 0 Å². The van der Waals surface area contributed by atoms with Crippen molar-refractivity contribution in [1.29, 1.82) is 0 Å². The fraction of sp³-hybridized carbons (Fsp3) is 0.857. The second-order valence-electron chi connectivity index (χ2n) is 6.05. The zero-order chi connectivity index (χ0) is 14.6. The van der Waals surface area contributed by atoms with E-state index in [-0.39, 0.29) is 17.3 Å². The maximum Gasteiger partial charge on any atom is 0.234 e. The van der Waals surface area contributed by atoms with Gasteiger partial charge in [0.2, 0.25) is 5.91 Å². The first kappa shape index (κ1) is 15.1. The summed E-state index contributed by atoms with van der Waals surface area (Å²) in [7, 11) is 1.69. The van der Waals surface area contributed by atoms with E-state index in [0.717, 1.165) is 38.5 Å². The highest BCUT2D eigenvalue weighted by Crippen LogP contribution is 2.38. The van der Waals surface area contributed by atoms with E-state index in [2.05, 4.69) is 10.5 Å². The van der Waals surface area contributed by atoms with Crippen LogP contribution in [-0.4, -0.2) is 36.2 Å². The fourth-order valence-electron chi connectivity index (χ4n) is 3.29. The summed E-state index contributed by atoms with van der Waals surface area (Å²) in [6, 6.07) is 0. The van der Waals surface area contributed by atoms with E-state index in [4.69, 9.17) is 15.7 Å². The van der Waals surface area contributed by atoms with Crippen molar-refractivity contribution >= 4 is 11.7 Å². The van der Waals surface area contributed by atoms with Gasteiger partial charge in [-0.05, 0) is 32.1 Å². The standard InChI is InChI=1S/C14H25N3O3/c1-20-13(6-5-7-13)10-16-12(18)14(11(15)17-19)8-3-2-4-9-14/h19H,2-10H2,1H3,(H2,15,17)(H,16,18). The molecule has 0 aromatic carbocycles. The summed E-state index contributed by atoms with van der Waals surface area (Å²) in [6.45, 7) is 0.503. The molecule has 2 fully saturated rings. The minimum absolute atomic E-state index is 0.0368. The Morgan fingerprint density at radius 3 is 2.35 bits per heavy atom. The highest BCUT2D eigenvalue weighted by atomic mass is 16.5. The number of hydrogen-bond donors (Lipinski definition) is 3. The van der Waals surface area contributed by atoms with Crippen molar-refractivity contribution in [2.75, 3.05) is 13.7 Å². The van der Waals surface area contributed by atoms with Crippen molar-refractivity contribution in [3.8, 4) is 0 Å². The Bertz CT molecular complexity index is 380. The summed E-state index contributed by atoms with van der Waals surface area (Å²) in [5.41, 5.74) is 4.76. The molecule has 0 unspecified atom stereocenters. The molecule has 0 aliphatic heterocycles. The molecule has 0 aromatic rings. The fourth-order valence-corrected chi connectivity index (χ4v) is 3.29. The molecule has 0 radical (unpaired) electrons. The van der Waals surface area contributed by atoms with Gasteiger partial charge in [-0.25, -0.2) is 0 Å². The van der Waals surface area contributed by atoms with Crippen LogP contribution in [0.2, 0.25) is 0 Å². The summed E-state index contributed by atoms with van der Waals surface area (Å²) < 4.78 is 5.51. The second-order valence-corrected chi connectivity index (χ2v) is 6.05. The largest absolute Gasteiger partial charge is 0.409 e. The number of carbonyl (C=O) groups excluding carboxylic acids is 1. The first-order valence-electron chi connectivity index (χ1n) is 7.40. The van der Waals surface area contributed by atoms with Crippen LogP contribution in [0.25, 0.3) is 0 Å². The Labute approximate surface area is 119 Å². The van der Waals surface area contributed by atoms with Crippen LogP contribution in [0.3, 0.4) is 0 Å². The van der Waals surface area contributed by atoms with Crippen LogP contribution >= 0.6 is 0 Å². The van der Waals surface area contributed by atoms with Crippen LogP contribution in [-0.2, 0) is 9.53 Å². The molecule has 0 atom stereocenters. The SMILES string of the molecule is COC1(CNC(=O)C2(C(N)=NO)CCCCC2)CCC1. The van der Waals surface area contributed by atoms with E-state index < -0.39 is 5.41 Å². The highest BCUT2D eigenvalue weighted by molar-refractivity contribution is 6.06. The number of ether oxygens (including phenoxy) is 1. The molecule has 20 heavy (non-hydrogen) atoms. The van der Waals surface area contributed by atoms with Crippen LogP contribution in [0.15, 0.2) is 5.16 Å². The highest BCUT2D eigenvalue weighted by Gasteiger charge is 2.45. The summed E-state index contributed by atoms with van der Waals surface area (Å²) in [4.78, 5) is 12.6. The van der Waals surface area contributed by atoms with Crippen LogP contribution in [0.4, 0.5) is 0 Å². The van der Waals surface area contributed by atoms with E-state index in [9.17, 15) is 4.79 Å². The first-order chi connectivity index (χ1) is 9.58. The number of oxime groups is 1. The number of nitrogens with one attached hydrogen (secondary N) is 1. The predicted octanol–water partition coefficient (Wildman–Crippen LogP) is 1.37. The van der Waals surface area contributed by atoms with Gasteiger partial charge in [-0.3, -0.25) is 4.79 Å². The lowest BCUT2D eigenvalue weighted by Gasteiger charge is -2.42. The zero-order valence-electron chi connectivity index (χ0n) is 12.2. The molecule has 4 N–H and O–H groups in total. The van der Waals surface area contributed by atoms with Crippen molar-refractivity contribution in [1.82, 2.24) is 5.32 Å². The van der Waals surface area contributed by atoms with Gasteiger partial charge in [0.1, 0.15) is 5.41 Å². The average Bonchev–Trinajstić information content (AvgIpc) is 2.46. The minimum atomic E-state index is -0.842. The molecule has 0 spiro atoms. The summed E-state index contributed by atoms with van der Waals surface area (Å²) in [6.07, 6.45) is 7.33. The molecular formula is C14H25N3O3. The van der Waals surface area contributed by atoms with Crippen molar-refractivity contribution in [2.24, 2.45) is 16.3 Å². The lowest BCUT2D eigenvalue weighted by molar-refractivity contribution is -0.132. The topological polar surface area (TPSA) is 96.9 Å². The number of rotatable bonds is 5. The quantitative estimate of drug-likeness (QED) is 0.307. The Morgan fingerprint density at radius 2 is 1.90 bits per heavy atom.